The molecule has 1 aromatic carbocycles. The van der Waals surface area contributed by atoms with Crippen molar-refractivity contribution in [3.05, 3.63) is 40.4 Å². The molecule has 3 rings (SSSR count). The first-order chi connectivity index (χ1) is 12.3. The zero-order valence-corrected chi connectivity index (χ0v) is 15.6. The van der Waals surface area contributed by atoms with E-state index in [1.165, 1.54) is 6.20 Å². The number of nitriles is 1. The van der Waals surface area contributed by atoms with E-state index in [4.69, 9.17) is 10.5 Å². The molecule has 132 valence electrons. The number of aromatic nitrogens is 1. The van der Waals surface area contributed by atoms with Gasteiger partial charge in [0.25, 0.3) is 5.91 Å². The molecule has 2 N–H and O–H groups in total. The molecule has 0 atom stereocenters. The number of rotatable bonds is 3. The second-order valence-corrected chi connectivity index (χ2v) is 8.17. The Bertz CT molecular complexity index is 997. The summed E-state index contributed by atoms with van der Waals surface area (Å²) in [5, 5.41) is 10.4. The highest BCUT2D eigenvalue weighted by Crippen LogP contribution is 2.32. The van der Waals surface area contributed by atoms with E-state index in [9.17, 15) is 10.1 Å². The normalized spacial score (nSPS) is 16.0. The number of fused-ring (bicyclic) bond motifs is 1. The maximum Gasteiger partial charge on any atom is 0.286 e. The number of benzene rings is 1. The van der Waals surface area contributed by atoms with E-state index >= 15 is 0 Å². The molecule has 0 unspecified atom stereocenters. The Morgan fingerprint density at radius 2 is 2.15 bits per heavy atom. The third-order valence-electron chi connectivity index (χ3n) is 3.55. The van der Waals surface area contributed by atoms with Crippen molar-refractivity contribution in [2.75, 3.05) is 6.61 Å². The Labute approximate surface area is 155 Å². The van der Waals surface area contributed by atoms with Gasteiger partial charge in [0.05, 0.1) is 17.0 Å². The zero-order valence-electron chi connectivity index (χ0n) is 14.7. The average molecular weight is 366 g/mol. The number of amides is 1. The zero-order chi connectivity index (χ0) is 18.9. The standard InChI is InChI=1S/C19H18N4O2S/c1-19(2,3)10-25-16-12(8-20)9-22-14-5-4-11(6-13(14)16)7-15-17(24)23-18(21)26-15/h4-7,9H,10H2,1-3H3,(H2,21,23,24)/b15-7-. The van der Waals surface area contributed by atoms with Crippen LogP contribution >= 0.6 is 11.8 Å². The summed E-state index contributed by atoms with van der Waals surface area (Å²) < 4.78 is 5.97. The van der Waals surface area contributed by atoms with E-state index in [1.807, 2.05) is 18.2 Å². The molecular formula is C19H18N4O2S. The highest BCUT2D eigenvalue weighted by Gasteiger charge is 2.20. The Morgan fingerprint density at radius 1 is 1.38 bits per heavy atom. The molecule has 0 radical (unpaired) electrons. The van der Waals surface area contributed by atoms with Gasteiger partial charge in [0.1, 0.15) is 17.4 Å². The maximum absolute atomic E-state index is 11.8. The smallest absolute Gasteiger partial charge is 0.286 e. The third kappa shape index (κ3) is 3.86. The van der Waals surface area contributed by atoms with Gasteiger partial charge in [0.2, 0.25) is 0 Å². The minimum Gasteiger partial charge on any atom is -0.491 e. The summed E-state index contributed by atoms with van der Waals surface area (Å²) in [4.78, 5) is 20.3. The fourth-order valence-corrected chi connectivity index (χ4v) is 3.06. The first-order valence-corrected chi connectivity index (χ1v) is 8.82. The third-order valence-corrected chi connectivity index (χ3v) is 4.36. The van der Waals surface area contributed by atoms with E-state index in [2.05, 4.69) is 36.8 Å². The average Bonchev–Trinajstić information content (AvgIpc) is 2.88. The van der Waals surface area contributed by atoms with Gasteiger partial charge in [-0.25, -0.2) is 0 Å². The van der Waals surface area contributed by atoms with Crippen LogP contribution in [0.4, 0.5) is 0 Å². The fourth-order valence-electron chi connectivity index (χ4n) is 2.38. The SMILES string of the molecule is CC(C)(C)COc1c(C#N)cnc2ccc(/C=C3\SC(N)=NC3=O)cc12. The molecule has 0 fully saturated rings. The van der Waals surface area contributed by atoms with E-state index in [1.54, 1.807) is 6.08 Å². The van der Waals surface area contributed by atoms with Crippen LogP contribution in [-0.4, -0.2) is 22.7 Å². The van der Waals surface area contributed by atoms with Crippen molar-refractivity contribution < 1.29 is 9.53 Å². The first-order valence-electron chi connectivity index (χ1n) is 8.00. The van der Waals surface area contributed by atoms with Crippen LogP contribution in [-0.2, 0) is 4.79 Å². The summed E-state index contributed by atoms with van der Waals surface area (Å²) in [7, 11) is 0. The maximum atomic E-state index is 11.8. The quantitative estimate of drug-likeness (QED) is 0.835. The lowest BCUT2D eigenvalue weighted by atomic mass is 9.98. The Hall–Kier alpha value is -2.85. The van der Waals surface area contributed by atoms with Crippen molar-refractivity contribution >= 4 is 39.8 Å². The lowest BCUT2D eigenvalue weighted by Gasteiger charge is -2.20. The van der Waals surface area contributed by atoms with Crippen molar-refractivity contribution in [2.45, 2.75) is 20.8 Å². The van der Waals surface area contributed by atoms with Gasteiger partial charge >= 0.3 is 0 Å². The van der Waals surface area contributed by atoms with Gasteiger partial charge in [-0.15, -0.1) is 0 Å². The monoisotopic (exact) mass is 366 g/mol. The number of thioether (sulfide) groups is 1. The van der Waals surface area contributed by atoms with Crippen molar-refractivity contribution in [3.8, 4) is 11.8 Å². The molecule has 26 heavy (non-hydrogen) atoms. The molecule has 1 aromatic heterocycles. The van der Waals surface area contributed by atoms with Crippen molar-refractivity contribution in [1.82, 2.24) is 4.98 Å². The number of carbonyl (C=O) groups is 1. The highest BCUT2D eigenvalue weighted by atomic mass is 32.2. The lowest BCUT2D eigenvalue weighted by Crippen LogP contribution is -2.17. The molecule has 0 aliphatic carbocycles. The van der Waals surface area contributed by atoms with Gasteiger partial charge in [0.15, 0.2) is 5.17 Å². The van der Waals surface area contributed by atoms with Gasteiger partial charge in [0, 0.05) is 11.6 Å². The molecule has 1 aliphatic rings. The summed E-state index contributed by atoms with van der Waals surface area (Å²) >= 11 is 1.14. The predicted octanol–water partition coefficient (Wildman–Crippen LogP) is 3.46. The first kappa shape index (κ1) is 18.0. The minimum atomic E-state index is -0.347. The summed E-state index contributed by atoms with van der Waals surface area (Å²) in [6, 6.07) is 7.68. The number of pyridine rings is 1. The molecule has 1 amide bonds. The van der Waals surface area contributed by atoms with E-state index in [0.29, 0.717) is 22.8 Å². The summed E-state index contributed by atoms with van der Waals surface area (Å²) in [6.45, 7) is 6.65. The van der Waals surface area contributed by atoms with Crippen LogP contribution in [0.1, 0.15) is 31.9 Å². The molecule has 7 heteroatoms. The number of hydrogen-bond acceptors (Lipinski definition) is 6. The van der Waals surface area contributed by atoms with Crippen molar-refractivity contribution in [3.63, 3.8) is 0 Å². The van der Waals surface area contributed by atoms with Gasteiger partial charge < -0.3 is 10.5 Å². The number of ether oxygens (including phenoxy) is 1. The second kappa shape index (κ2) is 6.81. The number of carbonyl (C=O) groups excluding carboxylic acids is 1. The molecule has 0 bridgehead atoms. The van der Waals surface area contributed by atoms with Crippen LogP contribution < -0.4 is 10.5 Å². The van der Waals surface area contributed by atoms with Crippen LogP contribution in [0.5, 0.6) is 5.75 Å². The Morgan fingerprint density at radius 3 is 2.77 bits per heavy atom. The second-order valence-electron chi connectivity index (χ2n) is 7.10. The Balaban J connectivity index is 2.06. The summed E-state index contributed by atoms with van der Waals surface area (Å²) in [5.41, 5.74) is 7.42. The van der Waals surface area contributed by atoms with Gasteiger partial charge in [-0.1, -0.05) is 26.8 Å². The lowest BCUT2D eigenvalue weighted by molar-refractivity contribution is -0.113. The minimum absolute atomic E-state index is 0.0519. The van der Waals surface area contributed by atoms with E-state index < -0.39 is 0 Å². The molecule has 0 spiro atoms. The van der Waals surface area contributed by atoms with Crippen LogP contribution in [0.2, 0.25) is 0 Å². The van der Waals surface area contributed by atoms with Gasteiger partial charge in [-0.3, -0.25) is 9.78 Å². The Kier molecular flexibility index (Phi) is 4.70. The fraction of sp³-hybridized carbons (Fsp3) is 0.263. The van der Waals surface area contributed by atoms with Gasteiger partial charge in [-0.2, -0.15) is 10.3 Å². The number of hydrogen-bond donors (Lipinski definition) is 1. The predicted molar refractivity (Wildman–Crippen MR) is 104 cm³/mol. The molecule has 0 saturated heterocycles. The number of nitrogens with zero attached hydrogens (tertiary/aromatic N) is 3. The van der Waals surface area contributed by atoms with Crippen LogP contribution in [0.25, 0.3) is 17.0 Å². The van der Waals surface area contributed by atoms with E-state index in [0.717, 1.165) is 28.2 Å². The molecule has 1 aliphatic heterocycles. The largest absolute Gasteiger partial charge is 0.491 e. The molecule has 6 nitrogen and oxygen atoms in total. The number of amidine groups is 1. The molecular weight excluding hydrogens is 348 g/mol. The highest BCUT2D eigenvalue weighted by molar-refractivity contribution is 8.18. The van der Waals surface area contributed by atoms with Crippen molar-refractivity contribution in [2.24, 2.45) is 16.1 Å². The van der Waals surface area contributed by atoms with Crippen LogP contribution in [0.3, 0.4) is 0 Å². The topological polar surface area (TPSA) is 101 Å². The number of aliphatic imine (C=N–C) groups is 1. The van der Waals surface area contributed by atoms with Crippen LogP contribution in [0.15, 0.2) is 34.3 Å². The van der Waals surface area contributed by atoms with Crippen molar-refractivity contribution in [1.29, 1.82) is 5.26 Å². The molecule has 2 aromatic rings. The van der Waals surface area contributed by atoms with E-state index in [-0.39, 0.29) is 16.5 Å². The summed E-state index contributed by atoms with van der Waals surface area (Å²) in [5.74, 6) is 0.162. The summed E-state index contributed by atoms with van der Waals surface area (Å²) in [6.07, 6.45) is 3.24. The van der Waals surface area contributed by atoms with Crippen LogP contribution in [0, 0.1) is 16.7 Å². The molecule has 0 saturated carbocycles. The van der Waals surface area contributed by atoms with Gasteiger partial charge in [-0.05, 0) is 40.9 Å². The molecule has 2 heterocycles. The number of nitrogens with two attached hydrogens (primary N) is 1.